The van der Waals surface area contributed by atoms with Crippen LogP contribution in [0.2, 0.25) is 0 Å². The van der Waals surface area contributed by atoms with Crippen molar-refractivity contribution < 1.29 is 5.11 Å². The van der Waals surface area contributed by atoms with Crippen LogP contribution < -0.4 is 0 Å². The van der Waals surface area contributed by atoms with Gasteiger partial charge in [0.05, 0.1) is 0 Å². The first-order chi connectivity index (χ1) is 7.86. The normalized spacial score (nSPS) is 10.8. The molecule has 0 radical (unpaired) electrons. The Labute approximate surface area is 109 Å². The summed E-state index contributed by atoms with van der Waals surface area (Å²) in [5.41, 5.74) is 2.84. The Morgan fingerprint density at radius 3 is 2.06 bits per heavy atom. The summed E-state index contributed by atoms with van der Waals surface area (Å²) in [7, 11) is 0. The van der Waals surface area contributed by atoms with Gasteiger partial charge >= 0.3 is 0 Å². The van der Waals surface area contributed by atoms with Gasteiger partial charge in [0.25, 0.3) is 0 Å². The number of fused-ring (bicyclic) bond motifs is 1. The van der Waals surface area contributed by atoms with Crippen molar-refractivity contribution >= 4 is 19.6 Å². The van der Waals surface area contributed by atoms with E-state index in [1.165, 1.54) is 11.1 Å². The third-order valence-corrected chi connectivity index (χ3v) is 2.45. The minimum absolute atomic E-state index is 0. The molecule has 1 aliphatic carbocycles. The van der Waals surface area contributed by atoms with Gasteiger partial charge in [0, 0.05) is 0 Å². The van der Waals surface area contributed by atoms with Crippen LogP contribution in [0.25, 0.3) is 6.08 Å². The standard InChI is InChI=1S/C9H8.C6H6O.H2S/c1-2-5-9-7-3-6-8(9)4-1;7-6-4-2-1-3-5-6;/h1-6H,7H2;1-5,7H;1H2. The molecule has 0 amide bonds. The van der Waals surface area contributed by atoms with Gasteiger partial charge in [-0.3, -0.25) is 0 Å². The summed E-state index contributed by atoms with van der Waals surface area (Å²) in [5, 5.41) is 8.63. The van der Waals surface area contributed by atoms with Crippen LogP contribution in [0.4, 0.5) is 0 Å². The molecule has 17 heavy (non-hydrogen) atoms. The zero-order valence-electron chi connectivity index (χ0n) is 9.51. The first kappa shape index (κ1) is 13.4. The average molecular weight is 244 g/mol. The lowest BCUT2D eigenvalue weighted by Crippen LogP contribution is -1.76. The van der Waals surface area contributed by atoms with Crippen molar-refractivity contribution in [3.63, 3.8) is 0 Å². The zero-order valence-corrected chi connectivity index (χ0v) is 10.5. The smallest absolute Gasteiger partial charge is 0.115 e. The minimum Gasteiger partial charge on any atom is -0.508 e. The summed E-state index contributed by atoms with van der Waals surface area (Å²) in [5.74, 6) is 0.322. The third kappa shape index (κ3) is 4.00. The fourth-order valence-electron chi connectivity index (χ4n) is 1.62. The van der Waals surface area contributed by atoms with Gasteiger partial charge in [0.1, 0.15) is 5.75 Å². The van der Waals surface area contributed by atoms with E-state index in [4.69, 9.17) is 5.11 Å². The van der Waals surface area contributed by atoms with Crippen LogP contribution in [0.3, 0.4) is 0 Å². The number of benzene rings is 2. The predicted octanol–water partition coefficient (Wildman–Crippen LogP) is 3.76. The maximum atomic E-state index is 8.63. The van der Waals surface area contributed by atoms with Gasteiger partial charge in [-0.15, -0.1) is 0 Å². The van der Waals surface area contributed by atoms with Crippen LogP contribution in [-0.2, 0) is 6.42 Å². The maximum Gasteiger partial charge on any atom is 0.115 e. The molecule has 1 nitrogen and oxygen atoms in total. The number of phenolic OH excluding ortho intramolecular Hbond substituents is 1. The molecule has 0 unspecified atom stereocenters. The second-order valence-electron chi connectivity index (χ2n) is 3.64. The fraction of sp³-hybridized carbons (Fsp3) is 0.0667. The molecule has 2 heteroatoms. The SMILES string of the molecule is C1=Cc2ccccc2C1.Oc1ccccc1.S. The fourth-order valence-corrected chi connectivity index (χ4v) is 1.62. The number of hydrogen-bond donors (Lipinski definition) is 1. The molecule has 0 bridgehead atoms. The van der Waals surface area contributed by atoms with Crippen LogP contribution >= 0.6 is 13.5 Å². The van der Waals surface area contributed by atoms with Crippen molar-refractivity contribution in [3.8, 4) is 5.75 Å². The highest BCUT2D eigenvalue weighted by molar-refractivity contribution is 7.59. The molecule has 0 aromatic heterocycles. The lowest BCUT2D eigenvalue weighted by Gasteiger charge is -1.93. The van der Waals surface area contributed by atoms with Crippen molar-refractivity contribution in [3.05, 3.63) is 71.8 Å². The zero-order chi connectivity index (χ0) is 11.2. The lowest BCUT2D eigenvalue weighted by atomic mass is 10.1. The van der Waals surface area contributed by atoms with E-state index in [-0.39, 0.29) is 13.5 Å². The summed E-state index contributed by atoms with van der Waals surface area (Å²) < 4.78 is 0. The van der Waals surface area contributed by atoms with Crippen LogP contribution in [0.5, 0.6) is 5.75 Å². The van der Waals surface area contributed by atoms with E-state index in [0.717, 1.165) is 6.42 Å². The highest BCUT2D eigenvalue weighted by atomic mass is 32.1. The molecule has 0 atom stereocenters. The summed E-state index contributed by atoms with van der Waals surface area (Å²) in [4.78, 5) is 0. The van der Waals surface area contributed by atoms with Gasteiger partial charge in [-0.2, -0.15) is 13.5 Å². The molecule has 2 aromatic rings. The third-order valence-electron chi connectivity index (χ3n) is 2.45. The molecule has 88 valence electrons. The van der Waals surface area contributed by atoms with Crippen molar-refractivity contribution in [1.82, 2.24) is 0 Å². The van der Waals surface area contributed by atoms with Crippen LogP contribution in [0, 0.1) is 0 Å². The van der Waals surface area contributed by atoms with E-state index in [1.54, 1.807) is 24.3 Å². The van der Waals surface area contributed by atoms with Crippen LogP contribution in [0.1, 0.15) is 11.1 Å². The number of para-hydroxylation sites is 1. The molecular formula is C15H16OS. The Hall–Kier alpha value is -1.67. The second-order valence-corrected chi connectivity index (χ2v) is 3.64. The van der Waals surface area contributed by atoms with Gasteiger partial charge in [0.2, 0.25) is 0 Å². The monoisotopic (exact) mass is 244 g/mol. The van der Waals surface area contributed by atoms with Crippen LogP contribution in [0.15, 0.2) is 60.7 Å². The molecule has 0 aliphatic heterocycles. The van der Waals surface area contributed by atoms with Crippen LogP contribution in [-0.4, -0.2) is 5.11 Å². The summed E-state index contributed by atoms with van der Waals surface area (Å²) >= 11 is 0. The Kier molecular flexibility index (Phi) is 5.37. The first-order valence-electron chi connectivity index (χ1n) is 5.35. The molecule has 0 saturated carbocycles. The molecule has 3 rings (SSSR count). The van der Waals surface area contributed by atoms with E-state index >= 15 is 0 Å². The Balaban J connectivity index is 0.000000166. The predicted molar refractivity (Wildman–Crippen MR) is 77.7 cm³/mol. The van der Waals surface area contributed by atoms with E-state index in [2.05, 4.69) is 36.4 Å². The van der Waals surface area contributed by atoms with E-state index < -0.39 is 0 Å². The number of aromatic hydroxyl groups is 1. The van der Waals surface area contributed by atoms with E-state index in [1.807, 2.05) is 6.07 Å². The van der Waals surface area contributed by atoms with Crippen molar-refractivity contribution in [2.75, 3.05) is 0 Å². The lowest BCUT2D eigenvalue weighted by molar-refractivity contribution is 0.475. The molecule has 0 heterocycles. The molecule has 2 aromatic carbocycles. The highest BCUT2D eigenvalue weighted by Gasteiger charge is 2.00. The molecular weight excluding hydrogens is 228 g/mol. The molecule has 0 saturated heterocycles. The molecule has 1 N–H and O–H groups in total. The first-order valence-corrected chi connectivity index (χ1v) is 5.35. The minimum atomic E-state index is 0. The van der Waals surface area contributed by atoms with Crippen molar-refractivity contribution in [2.24, 2.45) is 0 Å². The summed E-state index contributed by atoms with van der Waals surface area (Å²) in [6.45, 7) is 0. The summed E-state index contributed by atoms with van der Waals surface area (Å²) in [6, 6.07) is 17.2. The summed E-state index contributed by atoms with van der Waals surface area (Å²) in [6.07, 6.45) is 5.50. The van der Waals surface area contributed by atoms with Crippen molar-refractivity contribution in [1.29, 1.82) is 0 Å². The second kappa shape index (κ2) is 6.81. The average Bonchev–Trinajstić information content (AvgIpc) is 2.79. The Morgan fingerprint density at radius 2 is 1.47 bits per heavy atom. The molecule has 1 aliphatic rings. The van der Waals surface area contributed by atoms with Gasteiger partial charge in [-0.1, -0.05) is 54.6 Å². The topological polar surface area (TPSA) is 20.2 Å². The number of hydrogen-bond acceptors (Lipinski definition) is 1. The van der Waals surface area contributed by atoms with Crippen molar-refractivity contribution in [2.45, 2.75) is 6.42 Å². The van der Waals surface area contributed by atoms with Gasteiger partial charge in [-0.25, -0.2) is 0 Å². The molecule has 0 spiro atoms. The van der Waals surface area contributed by atoms with E-state index in [9.17, 15) is 0 Å². The highest BCUT2D eigenvalue weighted by Crippen LogP contribution is 2.17. The Bertz CT molecular complexity index is 477. The Morgan fingerprint density at radius 1 is 0.824 bits per heavy atom. The van der Waals surface area contributed by atoms with Gasteiger partial charge in [-0.05, 0) is 29.7 Å². The quantitative estimate of drug-likeness (QED) is 0.748. The van der Waals surface area contributed by atoms with E-state index in [0.29, 0.717) is 5.75 Å². The van der Waals surface area contributed by atoms with Gasteiger partial charge < -0.3 is 5.11 Å². The maximum absolute atomic E-state index is 8.63. The number of rotatable bonds is 0. The number of allylic oxidation sites excluding steroid dienone is 1. The number of phenols is 1. The van der Waals surface area contributed by atoms with Gasteiger partial charge in [0.15, 0.2) is 0 Å². The largest absolute Gasteiger partial charge is 0.508 e. The molecule has 0 fully saturated rings.